The molecule has 1 unspecified atom stereocenters. The van der Waals surface area contributed by atoms with Gasteiger partial charge in [0.1, 0.15) is 5.75 Å². The standard InChI is InChI=1S/C17H26N2O2/c1-3-21-16-8-6-15(7-9-16)18-17(20)10-12-19-11-4-5-14(2)13-19/h6-9,14H,3-5,10-13H2,1-2H3,(H,18,20). The van der Waals surface area contributed by atoms with Crippen LogP contribution in [-0.4, -0.2) is 37.0 Å². The van der Waals surface area contributed by atoms with Gasteiger partial charge < -0.3 is 15.0 Å². The fourth-order valence-corrected chi connectivity index (χ4v) is 2.77. The molecular formula is C17H26N2O2. The van der Waals surface area contributed by atoms with E-state index in [4.69, 9.17) is 4.74 Å². The Balaban J connectivity index is 1.73. The third kappa shape index (κ3) is 5.38. The van der Waals surface area contributed by atoms with E-state index in [1.165, 1.54) is 12.8 Å². The van der Waals surface area contributed by atoms with Crippen LogP contribution in [0.25, 0.3) is 0 Å². The van der Waals surface area contributed by atoms with E-state index in [2.05, 4.69) is 17.1 Å². The van der Waals surface area contributed by atoms with E-state index in [1.807, 2.05) is 31.2 Å². The van der Waals surface area contributed by atoms with E-state index in [9.17, 15) is 4.79 Å². The van der Waals surface area contributed by atoms with Crippen LogP contribution in [-0.2, 0) is 4.79 Å². The predicted molar refractivity (Wildman–Crippen MR) is 85.7 cm³/mol. The zero-order valence-corrected chi connectivity index (χ0v) is 13.1. The topological polar surface area (TPSA) is 41.6 Å². The van der Waals surface area contributed by atoms with Gasteiger partial charge in [-0.25, -0.2) is 0 Å². The smallest absolute Gasteiger partial charge is 0.225 e. The molecule has 0 spiro atoms. The third-order valence-corrected chi connectivity index (χ3v) is 3.85. The zero-order valence-electron chi connectivity index (χ0n) is 13.1. The van der Waals surface area contributed by atoms with Crippen LogP contribution in [0.5, 0.6) is 5.75 Å². The van der Waals surface area contributed by atoms with Gasteiger partial charge in [-0.3, -0.25) is 4.79 Å². The van der Waals surface area contributed by atoms with Gasteiger partial charge in [0.25, 0.3) is 0 Å². The largest absolute Gasteiger partial charge is 0.494 e. The number of nitrogens with one attached hydrogen (secondary N) is 1. The van der Waals surface area contributed by atoms with Crippen LogP contribution in [0.15, 0.2) is 24.3 Å². The molecule has 1 heterocycles. The van der Waals surface area contributed by atoms with Crippen molar-refractivity contribution in [2.45, 2.75) is 33.1 Å². The molecule has 0 aromatic heterocycles. The quantitative estimate of drug-likeness (QED) is 0.875. The maximum Gasteiger partial charge on any atom is 0.225 e. The number of carbonyl (C=O) groups is 1. The van der Waals surface area contributed by atoms with E-state index in [1.54, 1.807) is 0 Å². The molecule has 1 amide bonds. The Kier molecular flexibility index (Phi) is 6.05. The molecule has 116 valence electrons. The molecule has 1 N–H and O–H groups in total. The van der Waals surface area contributed by atoms with Gasteiger partial charge in [-0.05, 0) is 56.5 Å². The molecule has 1 aromatic rings. The zero-order chi connectivity index (χ0) is 15.1. The average Bonchev–Trinajstić information content (AvgIpc) is 2.48. The van der Waals surface area contributed by atoms with Crippen molar-refractivity contribution >= 4 is 11.6 Å². The fourth-order valence-electron chi connectivity index (χ4n) is 2.77. The van der Waals surface area contributed by atoms with Crippen molar-refractivity contribution in [2.75, 3.05) is 31.6 Å². The molecule has 1 aliphatic heterocycles. The second-order valence-electron chi connectivity index (χ2n) is 5.80. The Labute approximate surface area is 127 Å². The molecule has 1 atom stereocenters. The number of nitrogens with zero attached hydrogens (tertiary/aromatic N) is 1. The number of hydrogen-bond acceptors (Lipinski definition) is 3. The van der Waals surface area contributed by atoms with Gasteiger partial charge >= 0.3 is 0 Å². The lowest BCUT2D eigenvalue weighted by Crippen LogP contribution is -2.36. The van der Waals surface area contributed by atoms with Crippen LogP contribution in [0, 0.1) is 5.92 Å². The molecular weight excluding hydrogens is 264 g/mol. The van der Waals surface area contributed by atoms with E-state index in [0.29, 0.717) is 13.0 Å². The highest BCUT2D eigenvalue weighted by Gasteiger charge is 2.16. The number of amides is 1. The predicted octanol–water partition coefficient (Wildman–Crippen LogP) is 3.15. The van der Waals surface area contributed by atoms with Crippen molar-refractivity contribution in [3.8, 4) is 5.75 Å². The van der Waals surface area contributed by atoms with Gasteiger partial charge in [0.05, 0.1) is 6.61 Å². The molecule has 0 saturated carbocycles. The third-order valence-electron chi connectivity index (χ3n) is 3.85. The molecule has 0 radical (unpaired) electrons. The van der Waals surface area contributed by atoms with E-state index in [0.717, 1.165) is 37.0 Å². The van der Waals surface area contributed by atoms with Crippen molar-refractivity contribution in [3.63, 3.8) is 0 Å². The molecule has 1 aliphatic rings. The number of hydrogen-bond donors (Lipinski definition) is 1. The number of likely N-dealkylation sites (tertiary alicyclic amines) is 1. The first kappa shape index (κ1) is 15.8. The minimum absolute atomic E-state index is 0.0809. The van der Waals surface area contributed by atoms with Gasteiger partial charge in [0.2, 0.25) is 5.91 Å². The fraction of sp³-hybridized carbons (Fsp3) is 0.588. The summed E-state index contributed by atoms with van der Waals surface area (Å²) in [6.07, 6.45) is 3.12. The molecule has 0 bridgehead atoms. The highest BCUT2D eigenvalue weighted by atomic mass is 16.5. The molecule has 1 aromatic carbocycles. The van der Waals surface area contributed by atoms with E-state index in [-0.39, 0.29) is 5.91 Å². The van der Waals surface area contributed by atoms with Gasteiger partial charge in [-0.1, -0.05) is 6.92 Å². The normalized spacial score (nSPS) is 19.2. The number of anilines is 1. The summed E-state index contributed by atoms with van der Waals surface area (Å²) in [6, 6.07) is 7.52. The summed E-state index contributed by atoms with van der Waals surface area (Å²) in [4.78, 5) is 14.4. The summed E-state index contributed by atoms with van der Waals surface area (Å²) in [5.74, 6) is 1.67. The Bertz CT molecular complexity index is 445. The Morgan fingerprint density at radius 2 is 2.14 bits per heavy atom. The lowest BCUT2D eigenvalue weighted by atomic mass is 10.0. The van der Waals surface area contributed by atoms with Crippen molar-refractivity contribution in [2.24, 2.45) is 5.92 Å². The summed E-state index contributed by atoms with van der Waals surface area (Å²) in [6.45, 7) is 7.99. The number of benzene rings is 1. The first-order valence-corrected chi connectivity index (χ1v) is 7.92. The Morgan fingerprint density at radius 1 is 1.38 bits per heavy atom. The van der Waals surface area contributed by atoms with Crippen molar-refractivity contribution in [1.29, 1.82) is 0 Å². The number of rotatable bonds is 6. The second-order valence-corrected chi connectivity index (χ2v) is 5.80. The van der Waals surface area contributed by atoms with Crippen molar-refractivity contribution in [1.82, 2.24) is 4.90 Å². The lowest BCUT2D eigenvalue weighted by Gasteiger charge is -2.30. The van der Waals surface area contributed by atoms with E-state index >= 15 is 0 Å². The van der Waals surface area contributed by atoms with Crippen LogP contribution in [0.2, 0.25) is 0 Å². The molecule has 1 fully saturated rings. The second kappa shape index (κ2) is 8.03. The first-order chi connectivity index (χ1) is 10.2. The SMILES string of the molecule is CCOc1ccc(NC(=O)CCN2CCCC(C)C2)cc1. The summed E-state index contributed by atoms with van der Waals surface area (Å²) in [5.41, 5.74) is 0.829. The van der Waals surface area contributed by atoms with Crippen LogP contribution in [0.3, 0.4) is 0 Å². The van der Waals surface area contributed by atoms with Crippen LogP contribution >= 0.6 is 0 Å². The van der Waals surface area contributed by atoms with Gasteiger partial charge in [0.15, 0.2) is 0 Å². The highest BCUT2D eigenvalue weighted by molar-refractivity contribution is 5.90. The lowest BCUT2D eigenvalue weighted by molar-refractivity contribution is -0.116. The average molecular weight is 290 g/mol. The van der Waals surface area contributed by atoms with Crippen LogP contribution < -0.4 is 10.1 Å². The maximum atomic E-state index is 12.0. The Morgan fingerprint density at radius 3 is 2.81 bits per heavy atom. The van der Waals surface area contributed by atoms with Crippen LogP contribution in [0.4, 0.5) is 5.69 Å². The number of ether oxygens (including phenoxy) is 1. The summed E-state index contributed by atoms with van der Waals surface area (Å²) >= 11 is 0. The number of piperidine rings is 1. The molecule has 0 aliphatic carbocycles. The highest BCUT2D eigenvalue weighted by Crippen LogP contribution is 2.17. The summed E-state index contributed by atoms with van der Waals surface area (Å²) < 4.78 is 5.38. The van der Waals surface area contributed by atoms with E-state index < -0.39 is 0 Å². The monoisotopic (exact) mass is 290 g/mol. The van der Waals surface area contributed by atoms with Gasteiger partial charge in [-0.2, -0.15) is 0 Å². The minimum Gasteiger partial charge on any atom is -0.494 e. The van der Waals surface area contributed by atoms with Crippen molar-refractivity contribution in [3.05, 3.63) is 24.3 Å². The molecule has 4 nitrogen and oxygen atoms in total. The van der Waals surface area contributed by atoms with Crippen LogP contribution in [0.1, 0.15) is 33.1 Å². The summed E-state index contributed by atoms with van der Waals surface area (Å²) in [7, 11) is 0. The number of carbonyl (C=O) groups excluding carboxylic acids is 1. The van der Waals surface area contributed by atoms with Crippen molar-refractivity contribution < 1.29 is 9.53 Å². The minimum atomic E-state index is 0.0809. The molecule has 1 saturated heterocycles. The molecule has 2 rings (SSSR count). The first-order valence-electron chi connectivity index (χ1n) is 7.92. The maximum absolute atomic E-state index is 12.0. The van der Waals surface area contributed by atoms with Gasteiger partial charge in [0, 0.05) is 25.2 Å². The molecule has 21 heavy (non-hydrogen) atoms. The van der Waals surface area contributed by atoms with Gasteiger partial charge in [-0.15, -0.1) is 0 Å². The Hall–Kier alpha value is -1.55. The molecule has 4 heteroatoms. The summed E-state index contributed by atoms with van der Waals surface area (Å²) in [5, 5.41) is 2.94.